The molecule has 5 nitrogen and oxygen atoms in total. The maximum absolute atomic E-state index is 12.5. The summed E-state index contributed by atoms with van der Waals surface area (Å²) in [6, 6.07) is 7.56. The van der Waals surface area contributed by atoms with Gasteiger partial charge < -0.3 is 14.8 Å². The third kappa shape index (κ3) is 5.26. The largest absolute Gasteiger partial charge is 0.493 e. The zero-order valence-electron chi connectivity index (χ0n) is 15.9. The van der Waals surface area contributed by atoms with Crippen LogP contribution < -0.4 is 14.8 Å². The highest BCUT2D eigenvalue weighted by Crippen LogP contribution is 2.29. The van der Waals surface area contributed by atoms with Gasteiger partial charge in [0.2, 0.25) is 0 Å². The average Bonchev–Trinajstić information content (AvgIpc) is 2.66. The molecule has 0 aromatic heterocycles. The van der Waals surface area contributed by atoms with Gasteiger partial charge in [0, 0.05) is 6.04 Å². The van der Waals surface area contributed by atoms with Crippen molar-refractivity contribution in [1.82, 2.24) is 5.32 Å². The summed E-state index contributed by atoms with van der Waals surface area (Å²) >= 11 is 0. The lowest BCUT2D eigenvalue weighted by atomic mass is 9.86. The number of nitrogens with one attached hydrogen (secondary N) is 1. The van der Waals surface area contributed by atoms with Gasteiger partial charge in [-0.3, -0.25) is 4.79 Å². The van der Waals surface area contributed by atoms with Crippen molar-refractivity contribution in [2.75, 3.05) is 13.7 Å². The molecular formula is C21H28N2O3. The molecule has 0 heterocycles. The SMILES string of the molecule is CCCOc1ccc(/C=C(\C#N)C(=O)N[C@H]2CCCC[C@@H]2C)cc1OC. The maximum Gasteiger partial charge on any atom is 0.262 e. The number of ether oxygens (including phenoxy) is 2. The molecule has 0 aliphatic heterocycles. The summed E-state index contributed by atoms with van der Waals surface area (Å²) < 4.78 is 11.0. The number of carbonyl (C=O) groups is 1. The molecule has 0 bridgehead atoms. The van der Waals surface area contributed by atoms with E-state index in [1.807, 2.05) is 19.1 Å². The van der Waals surface area contributed by atoms with Crippen LogP contribution in [0.5, 0.6) is 11.5 Å². The fraction of sp³-hybridized carbons (Fsp3) is 0.524. The quantitative estimate of drug-likeness (QED) is 0.590. The van der Waals surface area contributed by atoms with Gasteiger partial charge in [0.1, 0.15) is 11.6 Å². The minimum absolute atomic E-state index is 0.104. The molecule has 1 fully saturated rings. The van der Waals surface area contributed by atoms with E-state index in [-0.39, 0.29) is 17.5 Å². The first-order chi connectivity index (χ1) is 12.6. The van der Waals surface area contributed by atoms with Gasteiger partial charge in [-0.1, -0.05) is 32.8 Å². The van der Waals surface area contributed by atoms with Crippen molar-refractivity contribution in [3.05, 3.63) is 29.3 Å². The van der Waals surface area contributed by atoms with Crippen LogP contribution in [-0.2, 0) is 4.79 Å². The normalized spacial score (nSPS) is 20.2. The lowest BCUT2D eigenvalue weighted by Gasteiger charge is -2.29. The summed E-state index contributed by atoms with van der Waals surface area (Å²) in [4.78, 5) is 12.5. The van der Waals surface area contributed by atoms with E-state index < -0.39 is 0 Å². The van der Waals surface area contributed by atoms with Crippen molar-refractivity contribution in [3.8, 4) is 17.6 Å². The van der Waals surface area contributed by atoms with Crippen LogP contribution in [0.3, 0.4) is 0 Å². The van der Waals surface area contributed by atoms with Crippen LogP contribution >= 0.6 is 0 Å². The van der Waals surface area contributed by atoms with Crippen molar-refractivity contribution in [2.45, 2.75) is 52.0 Å². The molecule has 0 spiro atoms. The van der Waals surface area contributed by atoms with Crippen LogP contribution in [0.15, 0.2) is 23.8 Å². The van der Waals surface area contributed by atoms with Gasteiger partial charge in [0.15, 0.2) is 11.5 Å². The third-order valence-electron chi connectivity index (χ3n) is 4.75. The second kappa shape index (κ2) is 9.86. The number of nitriles is 1. The Morgan fingerprint density at radius 1 is 1.35 bits per heavy atom. The summed E-state index contributed by atoms with van der Waals surface area (Å²) in [6.07, 6.45) is 6.92. The fourth-order valence-corrected chi connectivity index (χ4v) is 3.20. The Hall–Kier alpha value is -2.48. The van der Waals surface area contributed by atoms with Gasteiger partial charge in [-0.15, -0.1) is 0 Å². The van der Waals surface area contributed by atoms with Gasteiger partial charge in [0.05, 0.1) is 13.7 Å². The molecular weight excluding hydrogens is 328 g/mol. The van der Waals surface area contributed by atoms with Gasteiger partial charge in [0.25, 0.3) is 5.91 Å². The summed E-state index contributed by atoms with van der Waals surface area (Å²) in [6.45, 7) is 4.80. The molecule has 5 heteroatoms. The third-order valence-corrected chi connectivity index (χ3v) is 4.75. The van der Waals surface area contributed by atoms with Crippen LogP contribution in [0, 0.1) is 17.2 Å². The highest BCUT2D eigenvalue weighted by atomic mass is 16.5. The average molecular weight is 356 g/mol. The molecule has 2 atom stereocenters. The Kier molecular flexibility index (Phi) is 7.53. The number of benzene rings is 1. The molecule has 1 aromatic rings. The monoisotopic (exact) mass is 356 g/mol. The van der Waals surface area contributed by atoms with E-state index in [0.717, 1.165) is 31.2 Å². The topological polar surface area (TPSA) is 71.3 Å². The molecule has 26 heavy (non-hydrogen) atoms. The molecule has 1 aliphatic carbocycles. The van der Waals surface area contributed by atoms with Crippen LogP contribution in [0.4, 0.5) is 0 Å². The van der Waals surface area contributed by atoms with Crippen molar-refractivity contribution in [3.63, 3.8) is 0 Å². The van der Waals surface area contributed by atoms with Crippen LogP contribution in [0.2, 0.25) is 0 Å². The van der Waals surface area contributed by atoms with Crippen molar-refractivity contribution < 1.29 is 14.3 Å². The van der Waals surface area contributed by atoms with Crippen molar-refractivity contribution in [2.24, 2.45) is 5.92 Å². The van der Waals surface area contributed by atoms with E-state index in [9.17, 15) is 10.1 Å². The van der Waals surface area contributed by atoms with Gasteiger partial charge in [-0.05, 0) is 49.0 Å². The fourth-order valence-electron chi connectivity index (χ4n) is 3.20. The first-order valence-electron chi connectivity index (χ1n) is 9.32. The summed E-state index contributed by atoms with van der Waals surface area (Å²) in [5.74, 6) is 1.38. The van der Waals surface area contributed by atoms with Crippen LogP contribution in [0.1, 0.15) is 51.5 Å². The maximum atomic E-state index is 12.5. The number of nitrogens with zero attached hydrogens (tertiary/aromatic N) is 1. The second-order valence-corrected chi connectivity index (χ2v) is 6.77. The summed E-state index contributed by atoms with van der Waals surface area (Å²) in [5.41, 5.74) is 0.834. The Morgan fingerprint density at radius 3 is 2.77 bits per heavy atom. The minimum Gasteiger partial charge on any atom is -0.493 e. The smallest absolute Gasteiger partial charge is 0.262 e. The molecule has 1 aromatic carbocycles. The van der Waals surface area contributed by atoms with Crippen molar-refractivity contribution >= 4 is 12.0 Å². The highest BCUT2D eigenvalue weighted by molar-refractivity contribution is 6.01. The zero-order chi connectivity index (χ0) is 18.9. The Bertz CT molecular complexity index is 691. The lowest BCUT2D eigenvalue weighted by molar-refractivity contribution is -0.118. The molecule has 1 saturated carbocycles. The summed E-state index contributed by atoms with van der Waals surface area (Å²) in [7, 11) is 1.57. The minimum atomic E-state index is -0.309. The zero-order valence-corrected chi connectivity index (χ0v) is 15.9. The van der Waals surface area contributed by atoms with Crippen LogP contribution in [-0.4, -0.2) is 25.7 Å². The second-order valence-electron chi connectivity index (χ2n) is 6.77. The molecule has 2 rings (SSSR count). The first-order valence-corrected chi connectivity index (χ1v) is 9.32. The Balaban J connectivity index is 2.14. The Morgan fingerprint density at radius 2 is 2.12 bits per heavy atom. The van der Waals surface area contributed by atoms with E-state index >= 15 is 0 Å². The first kappa shape index (κ1) is 19.8. The van der Waals surface area contributed by atoms with Gasteiger partial charge in [-0.25, -0.2) is 0 Å². The molecule has 0 unspecified atom stereocenters. The predicted octanol–water partition coefficient (Wildman–Crippen LogP) is 4.09. The van der Waals surface area contributed by atoms with E-state index in [1.165, 1.54) is 6.42 Å². The standard InChI is InChI=1S/C21H28N2O3/c1-4-11-26-19-10-9-16(13-20(19)25-3)12-17(14-22)21(24)23-18-8-6-5-7-15(18)2/h9-10,12-13,15,18H,4-8,11H2,1-3H3,(H,23,24)/b17-12+/t15-,18-/m0/s1. The van der Waals surface area contributed by atoms with E-state index in [4.69, 9.17) is 9.47 Å². The van der Waals surface area contributed by atoms with E-state index in [1.54, 1.807) is 25.3 Å². The molecule has 1 aliphatic rings. The van der Waals surface area contributed by atoms with Gasteiger partial charge >= 0.3 is 0 Å². The van der Waals surface area contributed by atoms with E-state index in [0.29, 0.717) is 24.0 Å². The molecule has 1 amide bonds. The number of methoxy groups -OCH3 is 1. The molecule has 1 N–H and O–H groups in total. The van der Waals surface area contributed by atoms with Gasteiger partial charge in [-0.2, -0.15) is 5.26 Å². The summed E-state index contributed by atoms with van der Waals surface area (Å²) in [5, 5.41) is 12.4. The van der Waals surface area contributed by atoms with Crippen molar-refractivity contribution in [1.29, 1.82) is 5.26 Å². The molecule has 0 radical (unpaired) electrons. The number of amides is 1. The molecule has 140 valence electrons. The lowest BCUT2D eigenvalue weighted by Crippen LogP contribution is -2.41. The number of carbonyl (C=O) groups excluding carboxylic acids is 1. The van der Waals surface area contributed by atoms with E-state index in [2.05, 4.69) is 12.2 Å². The van der Waals surface area contributed by atoms with Crippen LogP contribution in [0.25, 0.3) is 6.08 Å². The Labute approximate surface area is 156 Å². The predicted molar refractivity (Wildman–Crippen MR) is 102 cm³/mol. The number of rotatable bonds is 7. The number of hydrogen-bond donors (Lipinski definition) is 1. The molecule has 0 saturated heterocycles. The highest BCUT2D eigenvalue weighted by Gasteiger charge is 2.24. The number of hydrogen-bond acceptors (Lipinski definition) is 4.